The molecule has 0 saturated carbocycles. The van der Waals surface area contributed by atoms with E-state index in [1.807, 2.05) is 26.8 Å². The molecule has 1 aromatic rings. The molecule has 84 valence electrons. The molecule has 0 unspecified atom stereocenters. The van der Waals surface area contributed by atoms with Crippen molar-refractivity contribution in [2.45, 2.75) is 26.8 Å². The van der Waals surface area contributed by atoms with Gasteiger partial charge in [-0.05, 0) is 54.4 Å². The molecule has 2 rings (SSSR count). The summed E-state index contributed by atoms with van der Waals surface area (Å²) in [4.78, 5) is 25.2. The highest BCUT2D eigenvalue weighted by molar-refractivity contribution is 9.10. The van der Waals surface area contributed by atoms with Gasteiger partial charge < -0.3 is 4.90 Å². The van der Waals surface area contributed by atoms with Crippen molar-refractivity contribution >= 4 is 33.3 Å². The lowest BCUT2D eigenvalue weighted by atomic mass is 10.1. The van der Waals surface area contributed by atoms with Crippen LogP contribution in [-0.4, -0.2) is 17.7 Å². The van der Waals surface area contributed by atoms with Crippen LogP contribution < -0.4 is 4.90 Å². The van der Waals surface area contributed by atoms with Crippen LogP contribution in [0.25, 0.3) is 0 Å². The Morgan fingerprint density at radius 3 is 2.44 bits per heavy atom. The van der Waals surface area contributed by atoms with Crippen LogP contribution >= 0.6 is 15.9 Å². The van der Waals surface area contributed by atoms with E-state index in [0.29, 0.717) is 11.3 Å². The molecular weight excluding hydrogens is 270 g/mol. The molecule has 0 atom stereocenters. The number of amides is 1. The second kappa shape index (κ2) is 3.70. The first kappa shape index (κ1) is 11.3. The predicted molar refractivity (Wildman–Crippen MR) is 65.8 cm³/mol. The van der Waals surface area contributed by atoms with E-state index in [1.165, 1.54) is 0 Å². The van der Waals surface area contributed by atoms with Crippen molar-refractivity contribution in [3.05, 3.63) is 27.7 Å². The summed E-state index contributed by atoms with van der Waals surface area (Å²) in [7, 11) is 0. The molecule has 0 aromatic heterocycles. The molecule has 0 aliphatic carbocycles. The fourth-order valence-electron chi connectivity index (χ4n) is 1.97. The number of carbonyl (C=O) groups excluding carboxylic acids is 2. The topological polar surface area (TPSA) is 37.4 Å². The van der Waals surface area contributed by atoms with E-state index in [4.69, 9.17) is 0 Å². The lowest BCUT2D eigenvalue weighted by Crippen LogP contribution is -2.35. The number of rotatable bonds is 1. The van der Waals surface area contributed by atoms with Gasteiger partial charge in [-0.25, -0.2) is 0 Å². The summed E-state index contributed by atoms with van der Waals surface area (Å²) >= 11 is 3.42. The number of hydrogen-bond donors (Lipinski definition) is 0. The van der Waals surface area contributed by atoms with Crippen molar-refractivity contribution in [3.63, 3.8) is 0 Å². The average Bonchev–Trinajstić information content (AvgIpc) is 2.42. The summed E-state index contributed by atoms with van der Waals surface area (Å²) in [6.45, 7) is 5.69. The summed E-state index contributed by atoms with van der Waals surface area (Å²) < 4.78 is 0.801. The van der Waals surface area contributed by atoms with Gasteiger partial charge in [0, 0.05) is 10.5 Å². The number of ketones is 1. The van der Waals surface area contributed by atoms with Gasteiger partial charge in [0.25, 0.3) is 11.7 Å². The second-order valence-corrected chi connectivity index (χ2v) is 5.10. The van der Waals surface area contributed by atoms with Gasteiger partial charge in [0.2, 0.25) is 0 Å². The Kier molecular flexibility index (Phi) is 2.62. The zero-order valence-electron chi connectivity index (χ0n) is 9.37. The minimum absolute atomic E-state index is 0.0169. The van der Waals surface area contributed by atoms with E-state index in [-0.39, 0.29) is 6.04 Å². The molecule has 1 heterocycles. The highest BCUT2D eigenvalue weighted by atomic mass is 79.9. The molecule has 1 amide bonds. The highest BCUT2D eigenvalue weighted by Crippen LogP contribution is 2.38. The third-order valence-electron chi connectivity index (χ3n) is 2.62. The van der Waals surface area contributed by atoms with Crippen LogP contribution in [0.4, 0.5) is 5.69 Å². The molecule has 16 heavy (non-hydrogen) atoms. The van der Waals surface area contributed by atoms with Crippen molar-refractivity contribution in [1.82, 2.24) is 0 Å². The SMILES string of the molecule is Cc1cc(Br)c2c(c1)C(=O)C(=O)N2C(C)C. The van der Waals surface area contributed by atoms with Gasteiger partial charge in [-0.2, -0.15) is 0 Å². The number of nitrogens with zero attached hydrogens (tertiary/aromatic N) is 1. The molecule has 3 nitrogen and oxygen atoms in total. The number of fused-ring (bicyclic) bond motifs is 1. The van der Waals surface area contributed by atoms with Gasteiger partial charge in [-0.1, -0.05) is 0 Å². The third-order valence-corrected chi connectivity index (χ3v) is 3.23. The summed E-state index contributed by atoms with van der Waals surface area (Å²) in [6.07, 6.45) is 0. The Morgan fingerprint density at radius 2 is 1.88 bits per heavy atom. The van der Waals surface area contributed by atoms with Crippen LogP contribution in [0.3, 0.4) is 0 Å². The van der Waals surface area contributed by atoms with Crippen LogP contribution in [-0.2, 0) is 4.79 Å². The minimum Gasteiger partial charge on any atom is -0.301 e. The zero-order chi connectivity index (χ0) is 12.0. The number of carbonyl (C=O) groups is 2. The molecule has 0 N–H and O–H groups in total. The van der Waals surface area contributed by atoms with Gasteiger partial charge in [0.1, 0.15) is 0 Å². The maximum Gasteiger partial charge on any atom is 0.299 e. The van der Waals surface area contributed by atoms with Crippen molar-refractivity contribution in [2.75, 3.05) is 4.90 Å². The molecule has 1 aliphatic rings. The first-order valence-electron chi connectivity index (χ1n) is 5.11. The van der Waals surface area contributed by atoms with E-state index in [1.54, 1.807) is 11.0 Å². The van der Waals surface area contributed by atoms with E-state index in [2.05, 4.69) is 15.9 Å². The van der Waals surface area contributed by atoms with E-state index in [9.17, 15) is 9.59 Å². The predicted octanol–water partition coefficient (Wildman–Crippen LogP) is 2.70. The molecule has 0 fully saturated rings. The molecule has 4 heteroatoms. The normalized spacial score (nSPS) is 14.9. The van der Waals surface area contributed by atoms with Crippen molar-refractivity contribution in [2.24, 2.45) is 0 Å². The fraction of sp³-hybridized carbons (Fsp3) is 0.333. The lowest BCUT2D eigenvalue weighted by molar-refractivity contribution is -0.114. The fourth-order valence-corrected chi connectivity index (χ4v) is 2.74. The summed E-state index contributed by atoms with van der Waals surface area (Å²) in [5, 5.41) is 0. The monoisotopic (exact) mass is 281 g/mol. The molecule has 0 spiro atoms. The van der Waals surface area contributed by atoms with Gasteiger partial charge in [0.05, 0.1) is 11.3 Å². The largest absolute Gasteiger partial charge is 0.301 e. The van der Waals surface area contributed by atoms with E-state index >= 15 is 0 Å². The number of hydrogen-bond acceptors (Lipinski definition) is 2. The van der Waals surface area contributed by atoms with Gasteiger partial charge >= 0.3 is 0 Å². The summed E-state index contributed by atoms with van der Waals surface area (Å²) in [6, 6.07) is 3.67. The maximum atomic E-state index is 11.8. The quantitative estimate of drug-likeness (QED) is 0.743. The van der Waals surface area contributed by atoms with Crippen LogP contribution in [0.2, 0.25) is 0 Å². The van der Waals surface area contributed by atoms with Crippen LogP contribution in [0.1, 0.15) is 29.8 Å². The number of benzene rings is 1. The van der Waals surface area contributed by atoms with Crippen LogP contribution in [0.5, 0.6) is 0 Å². The van der Waals surface area contributed by atoms with E-state index in [0.717, 1.165) is 10.0 Å². The number of anilines is 1. The number of halogens is 1. The van der Waals surface area contributed by atoms with Gasteiger partial charge in [-0.3, -0.25) is 9.59 Å². The van der Waals surface area contributed by atoms with E-state index < -0.39 is 11.7 Å². The highest BCUT2D eigenvalue weighted by Gasteiger charge is 2.38. The summed E-state index contributed by atoms with van der Waals surface area (Å²) in [5.74, 6) is -0.843. The Labute approximate surface area is 103 Å². The number of aryl methyl sites for hydroxylation is 1. The third kappa shape index (κ3) is 1.48. The number of Topliss-reactive ketones (excluding diaryl/α,β-unsaturated/α-hetero) is 1. The standard InChI is InChI=1S/C12H12BrNO2/c1-6(2)14-10-8(11(15)12(14)16)4-7(3)5-9(10)13/h4-6H,1-3H3. The first-order chi connectivity index (χ1) is 7.43. The van der Waals surface area contributed by atoms with Crippen LogP contribution in [0, 0.1) is 6.92 Å². The summed E-state index contributed by atoms with van der Waals surface area (Å²) in [5.41, 5.74) is 2.18. The zero-order valence-corrected chi connectivity index (χ0v) is 11.0. The second-order valence-electron chi connectivity index (χ2n) is 4.24. The van der Waals surface area contributed by atoms with Crippen molar-refractivity contribution in [3.8, 4) is 0 Å². The van der Waals surface area contributed by atoms with Crippen molar-refractivity contribution < 1.29 is 9.59 Å². The molecule has 0 saturated heterocycles. The van der Waals surface area contributed by atoms with Gasteiger partial charge in [-0.15, -0.1) is 0 Å². The molecule has 0 bridgehead atoms. The maximum absolute atomic E-state index is 11.8. The minimum atomic E-state index is -0.434. The average molecular weight is 282 g/mol. The van der Waals surface area contributed by atoms with Gasteiger partial charge in [0.15, 0.2) is 0 Å². The van der Waals surface area contributed by atoms with Crippen LogP contribution in [0.15, 0.2) is 16.6 Å². The first-order valence-corrected chi connectivity index (χ1v) is 5.91. The Balaban J connectivity index is 2.70. The molecule has 1 aromatic carbocycles. The Hall–Kier alpha value is -1.16. The molecule has 1 aliphatic heterocycles. The smallest absolute Gasteiger partial charge is 0.299 e. The molecule has 0 radical (unpaired) electrons. The Bertz CT molecular complexity index is 494. The molecular formula is C12H12BrNO2. The lowest BCUT2D eigenvalue weighted by Gasteiger charge is -2.22. The van der Waals surface area contributed by atoms with Crippen molar-refractivity contribution in [1.29, 1.82) is 0 Å². The Morgan fingerprint density at radius 1 is 1.25 bits per heavy atom.